The van der Waals surface area contributed by atoms with Gasteiger partial charge in [-0.25, -0.2) is 0 Å². The van der Waals surface area contributed by atoms with Gasteiger partial charge in [0.05, 0.1) is 0 Å². The molecule has 0 N–H and O–H groups in total. The van der Waals surface area contributed by atoms with E-state index in [4.69, 9.17) is 0 Å². The molecular formula is C11H23N. The van der Waals surface area contributed by atoms with E-state index in [0.717, 1.165) is 23.8 Å². The van der Waals surface area contributed by atoms with Gasteiger partial charge in [-0.15, -0.1) is 0 Å². The minimum atomic E-state index is 0.816. The summed E-state index contributed by atoms with van der Waals surface area (Å²) in [5, 5.41) is 0. The summed E-state index contributed by atoms with van der Waals surface area (Å²) in [5.41, 5.74) is 0. The van der Waals surface area contributed by atoms with E-state index in [1.165, 1.54) is 13.0 Å². The summed E-state index contributed by atoms with van der Waals surface area (Å²) < 4.78 is 0. The summed E-state index contributed by atoms with van der Waals surface area (Å²) in [4.78, 5) is 2.54. The SMILES string of the molecule is CCC1C(C)C(C)C(C)CN1C. The fraction of sp³-hybridized carbons (Fsp3) is 1.00. The van der Waals surface area contributed by atoms with Crippen molar-refractivity contribution in [1.29, 1.82) is 0 Å². The van der Waals surface area contributed by atoms with Gasteiger partial charge in [0, 0.05) is 12.6 Å². The van der Waals surface area contributed by atoms with Crippen LogP contribution in [0.3, 0.4) is 0 Å². The van der Waals surface area contributed by atoms with Crippen LogP contribution in [-0.4, -0.2) is 24.5 Å². The zero-order chi connectivity index (χ0) is 9.30. The molecule has 72 valence electrons. The molecule has 4 atom stereocenters. The van der Waals surface area contributed by atoms with Crippen LogP contribution in [-0.2, 0) is 0 Å². The average Bonchev–Trinajstić information content (AvgIpc) is 2.01. The van der Waals surface area contributed by atoms with Crippen LogP contribution in [0.25, 0.3) is 0 Å². The van der Waals surface area contributed by atoms with Crippen molar-refractivity contribution in [2.24, 2.45) is 17.8 Å². The van der Waals surface area contributed by atoms with Crippen LogP contribution in [0.1, 0.15) is 34.1 Å². The molecule has 1 fully saturated rings. The van der Waals surface area contributed by atoms with Gasteiger partial charge in [-0.2, -0.15) is 0 Å². The Kier molecular flexibility index (Phi) is 3.16. The van der Waals surface area contributed by atoms with Crippen LogP contribution in [0.15, 0.2) is 0 Å². The third kappa shape index (κ3) is 1.66. The lowest BCUT2D eigenvalue weighted by Crippen LogP contribution is -2.48. The maximum Gasteiger partial charge on any atom is 0.0118 e. The molecule has 0 spiro atoms. The number of nitrogens with zero attached hydrogens (tertiary/aromatic N) is 1. The first-order valence-electron chi connectivity index (χ1n) is 5.28. The van der Waals surface area contributed by atoms with Gasteiger partial charge in [-0.05, 0) is 31.2 Å². The molecule has 1 heterocycles. The number of hydrogen-bond donors (Lipinski definition) is 0. The highest BCUT2D eigenvalue weighted by Gasteiger charge is 2.33. The summed E-state index contributed by atoms with van der Waals surface area (Å²) in [6, 6.07) is 0.816. The molecule has 0 aliphatic carbocycles. The first-order chi connectivity index (χ1) is 5.57. The maximum absolute atomic E-state index is 2.54. The van der Waals surface area contributed by atoms with Crippen molar-refractivity contribution in [3.05, 3.63) is 0 Å². The summed E-state index contributed by atoms with van der Waals surface area (Å²) in [7, 11) is 2.27. The van der Waals surface area contributed by atoms with Crippen molar-refractivity contribution < 1.29 is 0 Å². The molecule has 0 aromatic carbocycles. The maximum atomic E-state index is 2.54. The predicted molar refractivity (Wildman–Crippen MR) is 54.2 cm³/mol. The van der Waals surface area contributed by atoms with Gasteiger partial charge < -0.3 is 4.90 Å². The van der Waals surface area contributed by atoms with E-state index in [1.807, 2.05) is 0 Å². The Morgan fingerprint density at radius 3 is 2.25 bits per heavy atom. The van der Waals surface area contributed by atoms with E-state index in [9.17, 15) is 0 Å². The second-order valence-corrected chi connectivity index (χ2v) is 4.61. The number of rotatable bonds is 1. The van der Waals surface area contributed by atoms with E-state index >= 15 is 0 Å². The molecule has 1 nitrogen and oxygen atoms in total. The molecule has 4 unspecified atom stereocenters. The normalized spacial score (nSPS) is 44.8. The highest BCUT2D eigenvalue weighted by Crippen LogP contribution is 2.32. The highest BCUT2D eigenvalue weighted by molar-refractivity contribution is 4.86. The summed E-state index contributed by atoms with van der Waals surface area (Å²) in [6.07, 6.45) is 1.30. The highest BCUT2D eigenvalue weighted by atomic mass is 15.1. The molecule has 1 aliphatic rings. The van der Waals surface area contributed by atoms with Gasteiger partial charge >= 0.3 is 0 Å². The fourth-order valence-corrected chi connectivity index (χ4v) is 2.71. The van der Waals surface area contributed by atoms with E-state index in [2.05, 4.69) is 39.6 Å². The summed E-state index contributed by atoms with van der Waals surface area (Å²) in [5.74, 6) is 2.63. The van der Waals surface area contributed by atoms with Crippen LogP contribution in [0.4, 0.5) is 0 Å². The summed E-state index contributed by atoms with van der Waals surface area (Å²) in [6.45, 7) is 10.8. The first kappa shape index (κ1) is 10.0. The first-order valence-corrected chi connectivity index (χ1v) is 5.28. The summed E-state index contributed by atoms with van der Waals surface area (Å²) >= 11 is 0. The van der Waals surface area contributed by atoms with Crippen LogP contribution in [0, 0.1) is 17.8 Å². The average molecular weight is 169 g/mol. The molecule has 0 radical (unpaired) electrons. The van der Waals surface area contributed by atoms with Crippen LogP contribution in [0.2, 0.25) is 0 Å². The third-order valence-electron chi connectivity index (χ3n) is 3.89. The van der Waals surface area contributed by atoms with Crippen molar-refractivity contribution in [2.45, 2.75) is 40.2 Å². The van der Waals surface area contributed by atoms with E-state index in [1.54, 1.807) is 0 Å². The number of hydrogen-bond acceptors (Lipinski definition) is 1. The second kappa shape index (κ2) is 3.78. The zero-order valence-corrected chi connectivity index (χ0v) is 9.17. The Morgan fingerprint density at radius 1 is 1.17 bits per heavy atom. The van der Waals surface area contributed by atoms with Crippen molar-refractivity contribution in [2.75, 3.05) is 13.6 Å². The van der Waals surface area contributed by atoms with E-state index in [-0.39, 0.29) is 0 Å². The quantitative estimate of drug-likeness (QED) is 0.583. The van der Waals surface area contributed by atoms with Gasteiger partial charge in [0.15, 0.2) is 0 Å². The second-order valence-electron chi connectivity index (χ2n) is 4.61. The van der Waals surface area contributed by atoms with E-state index in [0.29, 0.717) is 0 Å². The topological polar surface area (TPSA) is 3.24 Å². The molecule has 0 bridgehead atoms. The fourth-order valence-electron chi connectivity index (χ4n) is 2.71. The molecule has 1 heteroatoms. The van der Waals surface area contributed by atoms with Gasteiger partial charge in [-0.3, -0.25) is 0 Å². The van der Waals surface area contributed by atoms with Crippen molar-refractivity contribution >= 4 is 0 Å². The molecular weight excluding hydrogens is 146 g/mol. The van der Waals surface area contributed by atoms with Crippen LogP contribution in [0.5, 0.6) is 0 Å². The largest absolute Gasteiger partial charge is 0.303 e. The van der Waals surface area contributed by atoms with Gasteiger partial charge in [-0.1, -0.05) is 27.7 Å². The van der Waals surface area contributed by atoms with E-state index < -0.39 is 0 Å². The lowest BCUT2D eigenvalue weighted by molar-refractivity contribution is 0.0432. The Bertz CT molecular complexity index is 144. The third-order valence-corrected chi connectivity index (χ3v) is 3.89. The zero-order valence-electron chi connectivity index (χ0n) is 9.17. The smallest absolute Gasteiger partial charge is 0.0118 e. The number of piperidine rings is 1. The van der Waals surface area contributed by atoms with Crippen molar-refractivity contribution in [3.63, 3.8) is 0 Å². The standard InChI is InChI=1S/C11H23N/c1-6-11-10(4)9(3)8(2)7-12(11)5/h8-11H,6-7H2,1-5H3. The molecule has 0 saturated carbocycles. The molecule has 1 rings (SSSR count). The lowest BCUT2D eigenvalue weighted by atomic mass is 9.75. The van der Waals surface area contributed by atoms with Gasteiger partial charge in [0.25, 0.3) is 0 Å². The molecule has 1 saturated heterocycles. The molecule has 12 heavy (non-hydrogen) atoms. The van der Waals surface area contributed by atoms with Crippen molar-refractivity contribution in [3.8, 4) is 0 Å². The molecule has 0 amide bonds. The van der Waals surface area contributed by atoms with Crippen molar-refractivity contribution in [1.82, 2.24) is 4.90 Å². The van der Waals surface area contributed by atoms with Gasteiger partial charge in [0.2, 0.25) is 0 Å². The van der Waals surface area contributed by atoms with Gasteiger partial charge in [0.1, 0.15) is 0 Å². The van der Waals surface area contributed by atoms with Crippen LogP contribution < -0.4 is 0 Å². The molecule has 0 aromatic rings. The van der Waals surface area contributed by atoms with Crippen LogP contribution >= 0.6 is 0 Å². The minimum absolute atomic E-state index is 0.816. The molecule has 1 aliphatic heterocycles. The lowest BCUT2D eigenvalue weighted by Gasteiger charge is -2.44. The Hall–Kier alpha value is -0.0400. The Morgan fingerprint density at radius 2 is 1.75 bits per heavy atom. The molecule has 0 aromatic heterocycles. The Labute approximate surface area is 77.1 Å². The monoisotopic (exact) mass is 169 g/mol. The Balaban J connectivity index is 2.65. The number of likely N-dealkylation sites (tertiary alicyclic amines) is 1. The minimum Gasteiger partial charge on any atom is -0.303 e. The predicted octanol–water partition coefficient (Wildman–Crippen LogP) is 2.62.